The van der Waals surface area contributed by atoms with Crippen LogP contribution in [0.15, 0.2) is 71.1 Å². The van der Waals surface area contributed by atoms with E-state index < -0.39 is 0 Å². The normalized spacial score (nSPS) is 12.0. The Morgan fingerprint density at radius 2 is 1.97 bits per heavy atom. The van der Waals surface area contributed by atoms with Crippen LogP contribution >= 0.6 is 11.6 Å². The highest BCUT2D eigenvalue weighted by molar-refractivity contribution is 6.32. The zero-order valence-corrected chi connectivity index (χ0v) is 18.1. The van der Waals surface area contributed by atoms with Crippen molar-refractivity contribution in [3.63, 3.8) is 0 Å². The van der Waals surface area contributed by atoms with Gasteiger partial charge in [0, 0.05) is 11.3 Å². The zero-order valence-electron chi connectivity index (χ0n) is 17.4. The molecule has 31 heavy (non-hydrogen) atoms. The lowest BCUT2D eigenvalue weighted by molar-refractivity contribution is -0.118. The average molecular weight is 435 g/mol. The molecule has 0 bridgehead atoms. The van der Waals surface area contributed by atoms with Crippen LogP contribution in [-0.4, -0.2) is 17.5 Å². The van der Waals surface area contributed by atoms with Crippen LogP contribution in [0.1, 0.15) is 31.7 Å². The highest BCUT2D eigenvalue weighted by Gasteiger charge is 2.12. The molecule has 6 heteroatoms. The Kier molecular flexibility index (Phi) is 6.23. The summed E-state index contributed by atoms with van der Waals surface area (Å²) in [6.45, 7) is 4.22. The molecule has 0 spiro atoms. The minimum atomic E-state index is -0.284. The molecule has 0 radical (unpaired) electrons. The van der Waals surface area contributed by atoms with Gasteiger partial charge in [0.15, 0.2) is 12.2 Å². The second kappa shape index (κ2) is 9.23. The van der Waals surface area contributed by atoms with Crippen LogP contribution in [0.3, 0.4) is 0 Å². The Labute approximate surface area is 186 Å². The summed E-state index contributed by atoms with van der Waals surface area (Å²) >= 11 is 6.05. The molecule has 0 saturated carbocycles. The molecule has 0 aliphatic rings. The number of amides is 1. The molecule has 0 fully saturated rings. The summed E-state index contributed by atoms with van der Waals surface area (Å²) in [5.41, 5.74) is 4.23. The van der Waals surface area contributed by atoms with Gasteiger partial charge in [0.1, 0.15) is 11.3 Å². The Bertz CT molecular complexity index is 1220. The van der Waals surface area contributed by atoms with Crippen molar-refractivity contribution in [3.05, 3.63) is 77.3 Å². The maximum Gasteiger partial charge on any atom is 0.262 e. The number of halogens is 1. The molecule has 5 nitrogen and oxygen atoms in total. The van der Waals surface area contributed by atoms with E-state index in [1.165, 1.54) is 5.56 Å². The lowest BCUT2D eigenvalue weighted by atomic mass is 9.98. The van der Waals surface area contributed by atoms with Crippen molar-refractivity contribution < 1.29 is 13.9 Å². The number of oxazole rings is 1. The van der Waals surface area contributed by atoms with E-state index >= 15 is 0 Å². The molecule has 0 saturated heterocycles. The number of hydrogen-bond donors (Lipinski definition) is 1. The molecule has 0 aliphatic carbocycles. The summed E-state index contributed by atoms with van der Waals surface area (Å²) in [5, 5.41) is 3.29. The van der Waals surface area contributed by atoms with Gasteiger partial charge in [0.05, 0.1) is 5.02 Å². The number of rotatable bonds is 7. The summed E-state index contributed by atoms with van der Waals surface area (Å²) in [7, 11) is 0. The summed E-state index contributed by atoms with van der Waals surface area (Å²) in [6, 6.07) is 20.5. The standard InChI is InChI=1S/C25H23ClN2O3/c1-3-16(2)17-11-12-23-21(14-17)28-25(31-23)18-7-6-8-19(13-18)27-24(29)15-30-22-10-5-4-9-20(22)26/h4-14,16H,3,15H2,1-2H3,(H,27,29)/t16-/m0/s1. The van der Waals surface area contributed by atoms with Crippen LogP contribution in [0.25, 0.3) is 22.6 Å². The number of ether oxygens (including phenoxy) is 1. The maximum absolute atomic E-state index is 12.3. The van der Waals surface area contributed by atoms with Crippen molar-refractivity contribution in [2.24, 2.45) is 0 Å². The summed E-state index contributed by atoms with van der Waals surface area (Å²) in [6.07, 6.45) is 1.07. The van der Waals surface area contributed by atoms with Crippen molar-refractivity contribution in [3.8, 4) is 17.2 Å². The first kappa shape index (κ1) is 20.9. The van der Waals surface area contributed by atoms with Crippen molar-refractivity contribution in [1.82, 2.24) is 4.98 Å². The summed E-state index contributed by atoms with van der Waals surface area (Å²) in [4.78, 5) is 16.9. The van der Waals surface area contributed by atoms with E-state index in [1.54, 1.807) is 30.3 Å². The van der Waals surface area contributed by atoms with Crippen molar-refractivity contribution >= 4 is 34.3 Å². The predicted octanol–water partition coefficient (Wildman–Crippen LogP) is 6.68. The van der Waals surface area contributed by atoms with Gasteiger partial charge in [0.25, 0.3) is 5.91 Å². The van der Waals surface area contributed by atoms with Crippen LogP contribution in [0.4, 0.5) is 5.69 Å². The van der Waals surface area contributed by atoms with Crippen molar-refractivity contribution in [2.75, 3.05) is 11.9 Å². The fourth-order valence-corrected chi connectivity index (χ4v) is 3.43. The molecule has 0 aliphatic heterocycles. The van der Waals surface area contributed by atoms with Gasteiger partial charge in [-0.2, -0.15) is 0 Å². The highest BCUT2D eigenvalue weighted by Crippen LogP contribution is 2.29. The number of anilines is 1. The molecule has 3 aromatic carbocycles. The van der Waals surface area contributed by atoms with Crippen molar-refractivity contribution in [2.45, 2.75) is 26.2 Å². The SMILES string of the molecule is CC[C@H](C)c1ccc2oc(-c3cccc(NC(=O)COc4ccccc4Cl)c3)nc2c1. The molecule has 1 N–H and O–H groups in total. The van der Waals surface area contributed by atoms with Gasteiger partial charge in [-0.25, -0.2) is 4.98 Å². The monoisotopic (exact) mass is 434 g/mol. The van der Waals surface area contributed by atoms with E-state index in [0.717, 1.165) is 23.1 Å². The number of carbonyl (C=O) groups is 1. The van der Waals surface area contributed by atoms with Crippen molar-refractivity contribution in [1.29, 1.82) is 0 Å². The van der Waals surface area contributed by atoms with E-state index in [4.69, 9.17) is 20.8 Å². The second-order valence-electron chi connectivity index (χ2n) is 7.40. The number of aromatic nitrogens is 1. The molecular formula is C25H23ClN2O3. The van der Waals surface area contributed by atoms with E-state index in [-0.39, 0.29) is 12.5 Å². The number of carbonyl (C=O) groups excluding carboxylic acids is 1. The van der Waals surface area contributed by atoms with Crippen LogP contribution in [0.2, 0.25) is 5.02 Å². The van der Waals surface area contributed by atoms with Crippen LogP contribution in [0, 0.1) is 0 Å². The third-order valence-corrected chi connectivity index (χ3v) is 5.49. The van der Waals surface area contributed by atoms with Gasteiger partial charge in [-0.15, -0.1) is 0 Å². The molecule has 1 aromatic heterocycles. The Hall–Kier alpha value is -3.31. The Morgan fingerprint density at radius 3 is 2.77 bits per heavy atom. The third kappa shape index (κ3) is 4.89. The quantitative estimate of drug-likeness (QED) is 0.352. The van der Waals surface area contributed by atoms with Crippen LogP contribution in [-0.2, 0) is 4.79 Å². The van der Waals surface area contributed by atoms with Gasteiger partial charge in [-0.05, 0) is 60.4 Å². The number of hydrogen-bond acceptors (Lipinski definition) is 4. The van der Waals surface area contributed by atoms with E-state index in [9.17, 15) is 4.79 Å². The number of fused-ring (bicyclic) bond motifs is 1. The molecule has 4 rings (SSSR count). The zero-order chi connectivity index (χ0) is 21.8. The molecule has 1 atom stereocenters. The maximum atomic E-state index is 12.3. The Morgan fingerprint density at radius 1 is 1.13 bits per heavy atom. The van der Waals surface area contributed by atoms with Crippen LogP contribution in [0.5, 0.6) is 5.75 Å². The predicted molar refractivity (Wildman–Crippen MR) is 124 cm³/mol. The molecular weight excluding hydrogens is 412 g/mol. The number of nitrogens with zero attached hydrogens (tertiary/aromatic N) is 1. The molecule has 1 heterocycles. The van der Waals surface area contributed by atoms with Gasteiger partial charge in [-0.3, -0.25) is 4.79 Å². The fourth-order valence-electron chi connectivity index (χ4n) is 3.24. The first-order chi connectivity index (χ1) is 15.0. The van der Waals surface area contributed by atoms with Gasteiger partial charge in [0.2, 0.25) is 5.89 Å². The molecule has 0 unspecified atom stereocenters. The fraction of sp³-hybridized carbons (Fsp3) is 0.200. The smallest absolute Gasteiger partial charge is 0.262 e. The molecule has 158 valence electrons. The number of nitrogens with one attached hydrogen (secondary N) is 1. The minimum absolute atomic E-state index is 0.144. The summed E-state index contributed by atoms with van der Waals surface area (Å²) in [5.74, 6) is 1.17. The van der Waals surface area contributed by atoms with E-state index in [0.29, 0.717) is 28.3 Å². The highest BCUT2D eigenvalue weighted by atomic mass is 35.5. The second-order valence-corrected chi connectivity index (χ2v) is 7.81. The Balaban J connectivity index is 1.47. The molecule has 4 aromatic rings. The molecule has 1 amide bonds. The average Bonchev–Trinajstić information content (AvgIpc) is 3.22. The number of benzene rings is 3. The first-order valence-electron chi connectivity index (χ1n) is 10.2. The third-order valence-electron chi connectivity index (χ3n) is 5.18. The topological polar surface area (TPSA) is 64.4 Å². The van der Waals surface area contributed by atoms with Crippen LogP contribution < -0.4 is 10.1 Å². The first-order valence-corrected chi connectivity index (χ1v) is 10.6. The minimum Gasteiger partial charge on any atom is -0.482 e. The van der Waals surface area contributed by atoms with Gasteiger partial charge < -0.3 is 14.5 Å². The van der Waals surface area contributed by atoms with Gasteiger partial charge in [-0.1, -0.05) is 49.7 Å². The van der Waals surface area contributed by atoms with Gasteiger partial charge >= 0.3 is 0 Å². The lowest BCUT2D eigenvalue weighted by Crippen LogP contribution is -2.20. The number of para-hydroxylation sites is 1. The lowest BCUT2D eigenvalue weighted by Gasteiger charge is -2.09. The summed E-state index contributed by atoms with van der Waals surface area (Å²) < 4.78 is 11.4. The largest absolute Gasteiger partial charge is 0.482 e. The van der Waals surface area contributed by atoms with E-state index in [1.807, 2.05) is 24.3 Å². The van der Waals surface area contributed by atoms with E-state index in [2.05, 4.69) is 36.3 Å².